The lowest BCUT2D eigenvalue weighted by atomic mass is 10.0. The van der Waals surface area contributed by atoms with Gasteiger partial charge < -0.3 is 21.7 Å². The monoisotopic (exact) mass is 410 g/mol. The first-order valence-corrected chi connectivity index (χ1v) is 10.6. The van der Waals surface area contributed by atoms with Gasteiger partial charge in [0.1, 0.15) is 12.1 Å². The Balaban J connectivity index is 1.67. The van der Waals surface area contributed by atoms with Crippen LogP contribution in [0.1, 0.15) is 37.7 Å². The molecule has 1 fully saturated rings. The van der Waals surface area contributed by atoms with Crippen LogP contribution in [-0.2, 0) is 20.8 Å². The molecule has 1 saturated heterocycles. The Hall–Kier alpha value is -2.93. The molecule has 2 atom stereocenters. The third kappa shape index (κ3) is 5.16. The summed E-state index contributed by atoms with van der Waals surface area (Å²) in [5.74, 6) is -0.954. The molecule has 1 aliphatic rings. The summed E-state index contributed by atoms with van der Waals surface area (Å²) in [5.41, 5.74) is 11.9. The van der Waals surface area contributed by atoms with Crippen molar-refractivity contribution < 1.29 is 14.4 Å². The van der Waals surface area contributed by atoms with Crippen molar-refractivity contribution in [2.45, 2.75) is 50.6 Å². The second kappa shape index (κ2) is 10.2. The molecule has 0 radical (unpaired) electrons. The van der Waals surface area contributed by atoms with E-state index >= 15 is 0 Å². The van der Waals surface area contributed by atoms with Gasteiger partial charge in [-0.25, -0.2) is 0 Å². The van der Waals surface area contributed by atoms with Crippen LogP contribution in [0.3, 0.4) is 0 Å². The van der Waals surface area contributed by atoms with E-state index in [1.165, 1.54) is 0 Å². The number of hydrogen-bond acceptors (Lipinski definition) is 4. The van der Waals surface area contributed by atoms with Crippen molar-refractivity contribution in [3.63, 3.8) is 0 Å². The zero-order valence-electron chi connectivity index (χ0n) is 17.2. The summed E-state index contributed by atoms with van der Waals surface area (Å²) < 4.78 is 0. The molecule has 160 valence electrons. The van der Waals surface area contributed by atoms with Crippen molar-refractivity contribution >= 4 is 28.5 Å². The first-order chi connectivity index (χ1) is 14.5. The average molecular weight is 411 g/mol. The smallest absolute Gasteiger partial charge is 0.243 e. The van der Waals surface area contributed by atoms with Crippen molar-refractivity contribution in [1.29, 1.82) is 0 Å². The highest BCUT2D eigenvalue weighted by atomic mass is 16.2. The van der Waals surface area contributed by atoms with E-state index in [-0.39, 0.29) is 18.2 Å². The number of carbonyl (C=O) groups is 3. The molecule has 1 heterocycles. The Morgan fingerprint density at radius 3 is 2.63 bits per heavy atom. The summed E-state index contributed by atoms with van der Waals surface area (Å²) in [5, 5.41) is 4.87. The van der Waals surface area contributed by atoms with Gasteiger partial charge in [0.2, 0.25) is 17.7 Å². The fraction of sp³-hybridized carbons (Fsp3) is 0.435. The minimum absolute atomic E-state index is 0.0808. The Kier molecular flexibility index (Phi) is 7.41. The van der Waals surface area contributed by atoms with Gasteiger partial charge in [0.05, 0.1) is 6.42 Å². The number of fused-ring (bicyclic) bond motifs is 1. The standard InChI is InChI=1S/C23H30N4O3/c24-13-4-3-11-19(22(25)29)26-23(30)20-12-6-14-27(20)21(28)15-17-9-5-8-16-7-1-2-10-18(16)17/h1-2,5,7-10,19-20H,3-4,6,11-15,24H2,(H2,25,29)(H,26,30)/t19-,20-/m0/s1. The van der Waals surface area contributed by atoms with Crippen LogP contribution in [0, 0.1) is 0 Å². The summed E-state index contributed by atoms with van der Waals surface area (Å²) in [6.07, 6.45) is 3.50. The topological polar surface area (TPSA) is 119 Å². The second-order valence-electron chi connectivity index (χ2n) is 7.81. The van der Waals surface area contributed by atoms with E-state index in [9.17, 15) is 14.4 Å². The molecule has 2 aromatic carbocycles. The molecule has 0 aromatic heterocycles. The second-order valence-corrected chi connectivity index (χ2v) is 7.81. The lowest BCUT2D eigenvalue weighted by molar-refractivity contribution is -0.138. The molecule has 0 saturated carbocycles. The van der Waals surface area contributed by atoms with Gasteiger partial charge in [-0.3, -0.25) is 14.4 Å². The number of nitrogens with two attached hydrogens (primary N) is 2. The molecule has 2 aromatic rings. The Bertz CT molecular complexity index is 909. The number of unbranched alkanes of at least 4 members (excludes halogenated alkanes) is 1. The molecular formula is C23H30N4O3. The van der Waals surface area contributed by atoms with E-state index in [1.807, 2.05) is 42.5 Å². The third-order valence-corrected chi connectivity index (χ3v) is 5.70. The summed E-state index contributed by atoms with van der Waals surface area (Å²) >= 11 is 0. The van der Waals surface area contributed by atoms with Gasteiger partial charge in [-0.1, -0.05) is 42.5 Å². The molecule has 0 spiro atoms. The maximum atomic E-state index is 13.0. The molecule has 7 nitrogen and oxygen atoms in total. The van der Waals surface area contributed by atoms with Gasteiger partial charge in [0, 0.05) is 6.54 Å². The number of amides is 3. The Labute approximate surface area is 176 Å². The van der Waals surface area contributed by atoms with E-state index in [0.717, 1.165) is 29.2 Å². The fourth-order valence-corrected chi connectivity index (χ4v) is 4.10. The number of hydrogen-bond donors (Lipinski definition) is 3. The van der Waals surface area contributed by atoms with Crippen LogP contribution in [0.5, 0.6) is 0 Å². The van der Waals surface area contributed by atoms with Crippen molar-refractivity contribution in [2.75, 3.05) is 13.1 Å². The van der Waals surface area contributed by atoms with Crippen LogP contribution in [0.2, 0.25) is 0 Å². The number of rotatable bonds is 9. The highest BCUT2D eigenvalue weighted by molar-refractivity contribution is 5.94. The third-order valence-electron chi connectivity index (χ3n) is 5.70. The Morgan fingerprint density at radius 2 is 1.87 bits per heavy atom. The highest BCUT2D eigenvalue weighted by Gasteiger charge is 2.35. The maximum Gasteiger partial charge on any atom is 0.243 e. The molecule has 7 heteroatoms. The van der Waals surface area contributed by atoms with Gasteiger partial charge in [-0.2, -0.15) is 0 Å². The lowest BCUT2D eigenvalue weighted by Crippen LogP contribution is -2.52. The molecule has 0 unspecified atom stereocenters. The van der Waals surface area contributed by atoms with Crippen LogP contribution >= 0.6 is 0 Å². The quantitative estimate of drug-likeness (QED) is 0.543. The van der Waals surface area contributed by atoms with Crippen molar-refractivity contribution in [3.05, 3.63) is 48.0 Å². The SMILES string of the molecule is NCCCC[C@H](NC(=O)[C@@H]1CCCN1C(=O)Cc1cccc2ccccc12)C(N)=O. The number of carbonyl (C=O) groups excluding carboxylic acids is 3. The molecule has 0 bridgehead atoms. The minimum atomic E-state index is -0.736. The molecule has 5 N–H and O–H groups in total. The van der Waals surface area contributed by atoms with Gasteiger partial charge in [-0.15, -0.1) is 0 Å². The number of likely N-dealkylation sites (tertiary alicyclic amines) is 1. The van der Waals surface area contributed by atoms with Crippen LogP contribution < -0.4 is 16.8 Å². The maximum absolute atomic E-state index is 13.0. The zero-order chi connectivity index (χ0) is 21.5. The summed E-state index contributed by atoms with van der Waals surface area (Å²) in [6.45, 7) is 1.06. The first-order valence-electron chi connectivity index (χ1n) is 10.6. The predicted molar refractivity (Wildman–Crippen MR) is 116 cm³/mol. The molecule has 3 rings (SSSR count). The van der Waals surface area contributed by atoms with E-state index in [0.29, 0.717) is 32.4 Å². The van der Waals surface area contributed by atoms with Crippen LogP contribution in [0.4, 0.5) is 0 Å². The van der Waals surface area contributed by atoms with E-state index < -0.39 is 18.0 Å². The summed E-state index contributed by atoms with van der Waals surface area (Å²) in [4.78, 5) is 39.2. The molecular weight excluding hydrogens is 380 g/mol. The Morgan fingerprint density at radius 1 is 1.10 bits per heavy atom. The van der Waals surface area contributed by atoms with Crippen LogP contribution in [-0.4, -0.2) is 47.8 Å². The van der Waals surface area contributed by atoms with Crippen molar-refractivity contribution in [1.82, 2.24) is 10.2 Å². The molecule has 30 heavy (non-hydrogen) atoms. The number of primary amides is 1. The molecule has 3 amide bonds. The van der Waals surface area contributed by atoms with Gasteiger partial charge in [0.25, 0.3) is 0 Å². The molecule has 0 aliphatic carbocycles. The summed E-state index contributed by atoms with van der Waals surface area (Å²) in [7, 11) is 0. The average Bonchev–Trinajstić information content (AvgIpc) is 3.23. The largest absolute Gasteiger partial charge is 0.368 e. The first kappa shape index (κ1) is 21.8. The lowest BCUT2D eigenvalue weighted by Gasteiger charge is -2.26. The van der Waals surface area contributed by atoms with Gasteiger partial charge in [-0.05, 0) is 55.0 Å². The van der Waals surface area contributed by atoms with Crippen molar-refractivity contribution in [3.8, 4) is 0 Å². The van der Waals surface area contributed by atoms with Crippen LogP contribution in [0.15, 0.2) is 42.5 Å². The van der Waals surface area contributed by atoms with E-state index in [4.69, 9.17) is 11.5 Å². The highest BCUT2D eigenvalue weighted by Crippen LogP contribution is 2.23. The van der Waals surface area contributed by atoms with E-state index in [2.05, 4.69) is 5.32 Å². The van der Waals surface area contributed by atoms with Crippen LogP contribution in [0.25, 0.3) is 10.8 Å². The van der Waals surface area contributed by atoms with E-state index in [1.54, 1.807) is 4.90 Å². The fourth-order valence-electron chi connectivity index (χ4n) is 4.10. The van der Waals surface area contributed by atoms with Gasteiger partial charge >= 0.3 is 0 Å². The van der Waals surface area contributed by atoms with Crippen molar-refractivity contribution in [2.24, 2.45) is 11.5 Å². The number of benzene rings is 2. The minimum Gasteiger partial charge on any atom is -0.368 e. The normalized spacial score (nSPS) is 17.1. The predicted octanol–water partition coefficient (Wildman–Crippen LogP) is 1.47. The zero-order valence-corrected chi connectivity index (χ0v) is 17.2. The number of nitrogens with one attached hydrogen (secondary N) is 1. The van der Waals surface area contributed by atoms with Gasteiger partial charge in [0.15, 0.2) is 0 Å². The summed E-state index contributed by atoms with van der Waals surface area (Å²) in [6, 6.07) is 12.6. The number of nitrogens with zero attached hydrogens (tertiary/aromatic N) is 1. The molecule has 1 aliphatic heterocycles.